The lowest BCUT2D eigenvalue weighted by Crippen LogP contribution is -2.49. The SMILES string of the molecule is Cc1ccc(Cl)cc1N1CCN(C(=O)c2ccc(N(Cc3ccccc3)S(C)(=O)=O)cc2)CC1. The lowest BCUT2D eigenvalue weighted by atomic mass is 10.1. The summed E-state index contributed by atoms with van der Waals surface area (Å²) in [6.07, 6.45) is 1.19. The molecule has 0 radical (unpaired) electrons. The Labute approximate surface area is 206 Å². The van der Waals surface area contributed by atoms with Gasteiger partial charge in [-0.15, -0.1) is 0 Å². The highest BCUT2D eigenvalue weighted by molar-refractivity contribution is 7.92. The van der Waals surface area contributed by atoms with Gasteiger partial charge in [-0.2, -0.15) is 0 Å². The Balaban J connectivity index is 1.44. The van der Waals surface area contributed by atoms with Crippen LogP contribution in [0.4, 0.5) is 11.4 Å². The summed E-state index contributed by atoms with van der Waals surface area (Å²) in [5.41, 5.74) is 4.23. The number of benzene rings is 3. The van der Waals surface area contributed by atoms with Gasteiger partial charge in [-0.3, -0.25) is 9.10 Å². The van der Waals surface area contributed by atoms with Gasteiger partial charge in [0.2, 0.25) is 10.0 Å². The molecule has 4 rings (SSSR count). The molecular weight excluding hydrogens is 470 g/mol. The maximum Gasteiger partial charge on any atom is 0.253 e. The molecule has 0 bridgehead atoms. The third-order valence-electron chi connectivity index (χ3n) is 6.05. The van der Waals surface area contributed by atoms with Crippen molar-refractivity contribution in [3.63, 3.8) is 0 Å². The Morgan fingerprint density at radius 3 is 2.21 bits per heavy atom. The number of hydrogen-bond acceptors (Lipinski definition) is 4. The van der Waals surface area contributed by atoms with Crippen LogP contribution in [0, 0.1) is 6.92 Å². The molecule has 8 heteroatoms. The summed E-state index contributed by atoms with van der Waals surface area (Å²) < 4.78 is 26.2. The number of carbonyl (C=O) groups is 1. The summed E-state index contributed by atoms with van der Waals surface area (Å²) in [4.78, 5) is 17.2. The molecule has 3 aromatic rings. The molecule has 0 atom stereocenters. The summed E-state index contributed by atoms with van der Waals surface area (Å²) >= 11 is 6.17. The van der Waals surface area contributed by atoms with Crippen molar-refractivity contribution in [1.29, 1.82) is 0 Å². The minimum absolute atomic E-state index is 0.0528. The first-order chi connectivity index (χ1) is 16.2. The van der Waals surface area contributed by atoms with Crippen LogP contribution in [0.15, 0.2) is 72.8 Å². The summed E-state index contributed by atoms with van der Waals surface area (Å²) in [5.74, 6) is -0.0528. The first kappa shape index (κ1) is 24.1. The fraction of sp³-hybridized carbons (Fsp3) is 0.269. The van der Waals surface area contributed by atoms with Crippen LogP contribution in [0.25, 0.3) is 0 Å². The van der Waals surface area contributed by atoms with Crippen molar-refractivity contribution < 1.29 is 13.2 Å². The van der Waals surface area contributed by atoms with Crippen LogP contribution in [-0.4, -0.2) is 51.7 Å². The Hall–Kier alpha value is -3.03. The minimum atomic E-state index is -3.49. The monoisotopic (exact) mass is 497 g/mol. The first-order valence-electron chi connectivity index (χ1n) is 11.1. The van der Waals surface area contributed by atoms with E-state index in [1.807, 2.05) is 53.4 Å². The third-order valence-corrected chi connectivity index (χ3v) is 7.43. The fourth-order valence-electron chi connectivity index (χ4n) is 4.18. The number of halogens is 1. The van der Waals surface area contributed by atoms with Gasteiger partial charge in [-0.05, 0) is 54.4 Å². The van der Waals surface area contributed by atoms with Gasteiger partial charge in [0.1, 0.15) is 0 Å². The fourth-order valence-corrected chi connectivity index (χ4v) is 5.23. The molecule has 1 saturated heterocycles. The number of nitrogens with zero attached hydrogens (tertiary/aromatic N) is 3. The predicted molar refractivity (Wildman–Crippen MR) is 138 cm³/mol. The summed E-state index contributed by atoms with van der Waals surface area (Å²) in [6.45, 7) is 4.96. The molecule has 0 N–H and O–H groups in total. The molecular formula is C26H28ClN3O3S. The molecule has 0 aromatic heterocycles. The largest absolute Gasteiger partial charge is 0.368 e. The lowest BCUT2D eigenvalue weighted by molar-refractivity contribution is 0.0747. The quantitative estimate of drug-likeness (QED) is 0.500. The molecule has 1 amide bonds. The van der Waals surface area contributed by atoms with E-state index in [2.05, 4.69) is 11.8 Å². The van der Waals surface area contributed by atoms with Crippen molar-refractivity contribution in [2.45, 2.75) is 13.5 Å². The van der Waals surface area contributed by atoms with E-state index in [1.165, 1.54) is 10.6 Å². The molecule has 0 aliphatic carbocycles. The van der Waals surface area contributed by atoms with E-state index < -0.39 is 10.0 Å². The van der Waals surface area contributed by atoms with Gasteiger partial charge in [0, 0.05) is 42.5 Å². The van der Waals surface area contributed by atoms with Gasteiger partial charge in [0.25, 0.3) is 5.91 Å². The highest BCUT2D eigenvalue weighted by Crippen LogP contribution is 2.26. The topological polar surface area (TPSA) is 60.9 Å². The molecule has 1 heterocycles. The maximum absolute atomic E-state index is 13.1. The van der Waals surface area contributed by atoms with Crippen molar-refractivity contribution in [2.24, 2.45) is 0 Å². The van der Waals surface area contributed by atoms with E-state index in [-0.39, 0.29) is 12.5 Å². The zero-order valence-electron chi connectivity index (χ0n) is 19.3. The van der Waals surface area contributed by atoms with Gasteiger partial charge in [-0.1, -0.05) is 48.0 Å². The summed E-state index contributed by atoms with van der Waals surface area (Å²) in [6, 6.07) is 22.1. The number of rotatable bonds is 6. The van der Waals surface area contributed by atoms with Crippen molar-refractivity contribution in [1.82, 2.24) is 4.90 Å². The Morgan fingerprint density at radius 1 is 0.941 bits per heavy atom. The summed E-state index contributed by atoms with van der Waals surface area (Å²) in [7, 11) is -3.49. The Bertz CT molecular complexity index is 1260. The molecule has 3 aromatic carbocycles. The summed E-state index contributed by atoms with van der Waals surface area (Å²) in [5, 5.41) is 0.703. The number of aryl methyl sites for hydroxylation is 1. The molecule has 178 valence electrons. The molecule has 34 heavy (non-hydrogen) atoms. The molecule has 1 fully saturated rings. The van der Waals surface area contributed by atoms with Crippen molar-refractivity contribution in [3.8, 4) is 0 Å². The van der Waals surface area contributed by atoms with Crippen molar-refractivity contribution in [2.75, 3.05) is 41.6 Å². The highest BCUT2D eigenvalue weighted by atomic mass is 35.5. The molecule has 0 saturated carbocycles. The van der Waals surface area contributed by atoms with Crippen LogP contribution in [0.3, 0.4) is 0 Å². The second-order valence-corrected chi connectivity index (χ2v) is 10.9. The van der Waals surface area contributed by atoms with Gasteiger partial charge >= 0.3 is 0 Å². The molecule has 1 aliphatic heterocycles. The van der Waals surface area contributed by atoms with Crippen LogP contribution in [-0.2, 0) is 16.6 Å². The predicted octanol–water partition coefficient (Wildman–Crippen LogP) is 4.58. The number of hydrogen-bond donors (Lipinski definition) is 0. The van der Waals surface area contributed by atoms with E-state index in [9.17, 15) is 13.2 Å². The number of anilines is 2. The van der Waals surface area contributed by atoms with Crippen LogP contribution >= 0.6 is 11.6 Å². The Morgan fingerprint density at radius 2 is 1.59 bits per heavy atom. The molecule has 0 unspecified atom stereocenters. The zero-order chi connectivity index (χ0) is 24.3. The van der Waals surface area contributed by atoms with E-state index in [0.29, 0.717) is 29.4 Å². The highest BCUT2D eigenvalue weighted by Gasteiger charge is 2.24. The third kappa shape index (κ3) is 5.54. The van der Waals surface area contributed by atoms with E-state index in [1.54, 1.807) is 24.3 Å². The smallest absolute Gasteiger partial charge is 0.253 e. The van der Waals surface area contributed by atoms with Crippen LogP contribution in [0.2, 0.25) is 5.02 Å². The van der Waals surface area contributed by atoms with Crippen LogP contribution < -0.4 is 9.21 Å². The molecule has 1 aliphatic rings. The average Bonchev–Trinajstić information content (AvgIpc) is 2.84. The molecule has 6 nitrogen and oxygen atoms in total. The number of piperazine rings is 1. The van der Waals surface area contributed by atoms with Gasteiger partial charge in [0.05, 0.1) is 18.5 Å². The number of amides is 1. The lowest BCUT2D eigenvalue weighted by Gasteiger charge is -2.37. The van der Waals surface area contributed by atoms with Crippen LogP contribution in [0.5, 0.6) is 0 Å². The normalized spacial score (nSPS) is 14.2. The van der Waals surface area contributed by atoms with E-state index in [4.69, 9.17) is 11.6 Å². The second-order valence-electron chi connectivity index (χ2n) is 8.51. The minimum Gasteiger partial charge on any atom is -0.368 e. The van der Waals surface area contributed by atoms with E-state index in [0.717, 1.165) is 29.9 Å². The Kier molecular flexibility index (Phi) is 7.14. The number of carbonyl (C=O) groups excluding carboxylic acids is 1. The molecule has 0 spiro atoms. The first-order valence-corrected chi connectivity index (χ1v) is 13.4. The second kappa shape index (κ2) is 10.1. The van der Waals surface area contributed by atoms with Gasteiger partial charge in [0.15, 0.2) is 0 Å². The number of sulfonamides is 1. The standard InChI is InChI=1S/C26H28ClN3O3S/c1-20-8-11-23(27)18-25(20)28-14-16-29(17-15-28)26(31)22-9-12-24(13-10-22)30(34(2,32)33)19-21-6-4-3-5-7-21/h3-13,18H,14-17,19H2,1-2H3. The zero-order valence-corrected chi connectivity index (χ0v) is 20.9. The van der Waals surface area contributed by atoms with Gasteiger partial charge < -0.3 is 9.80 Å². The average molecular weight is 498 g/mol. The van der Waals surface area contributed by atoms with E-state index >= 15 is 0 Å². The van der Waals surface area contributed by atoms with Crippen LogP contribution in [0.1, 0.15) is 21.5 Å². The maximum atomic E-state index is 13.1. The van der Waals surface area contributed by atoms with Gasteiger partial charge in [-0.25, -0.2) is 8.42 Å². The van der Waals surface area contributed by atoms with Crippen molar-refractivity contribution in [3.05, 3.63) is 94.5 Å². The van der Waals surface area contributed by atoms with Crippen molar-refractivity contribution >= 4 is 38.9 Å².